The molecule has 1 aliphatic carbocycles. The van der Waals surface area contributed by atoms with Crippen molar-refractivity contribution in [3.05, 3.63) is 59.4 Å². The molecule has 1 aliphatic rings. The number of nitrogens with one attached hydrogen (secondary N) is 1. The predicted molar refractivity (Wildman–Crippen MR) is 102 cm³/mol. The van der Waals surface area contributed by atoms with Crippen LogP contribution in [0.2, 0.25) is 0 Å². The van der Waals surface area contributed by atoms with Crippen molar-refractivity contribution in [2.24, 2.45) is 16.5 Å². The summed E-state index contributed by atoms with van der Waals surface area (Å²) in [6, 6.07) is 11.7. The molecule has 1 fully saturated rings. The summed E-state index contributed by atoms with van der Waals surface area (Å²) >= 11 is 0. The summed E-state index contributed by atoms with van der Waals surface area (Å²) in [7, 11) is -3.67. The predicted octanol–water partition coefficient (Wildman–Crippen LogP) is 3.89. The van der Waals surface area contributed by atoms with Crippen LogP contribution in [0.3, 0.4) is 0 Å². The number of anilines is 1. The molecule has 0 aliphatic heterocycles. The largest absolute Gasteiger partial charge is 0.384 e. The van der Waals surface area contributed by atoms with Crippen LogP contribution in [0.5, 0.6) is 0 Å². The smallest absolute Gasteiger partial charge is 0.238 e. The maximum absolute atomic E-state index is 13.6. The summed E-state index contributed by atoms with van der Waals surface area (Å²) in [4.78, 5) is 0.127. The molecule has 2 atom stereocenters. The van der Waals surface area contributed by atoms with Crippen molar-refractivity contribution < 1.29 is 12.8 Å². The lowest BCUT2D eigenvalue weighted by Gasteiger charge is -2.12. The molecule has 1 saturated carbocycles. The average Bonchev–Trinajstić information content (AvgIpc) is 3.13. The zero-order valence-corrected chi connectivity index (χ0v) is 16.1. The van der Waals surface area contributed by atoms with Gasteiger partial charge in [0.25, 0.3) is 0 Å². The van der Waals surface area contributed by atoms with Crippen LogP contribution in [-0.4, -0.2) is 15.0 Å². The Morgan fingerprint density at radius 2 is 1.81 bits per heavy atom. The molecule has 0 aromatic heterocycles. The summed E-state index contributed by atoms with van der Waals surface area (Å²) in [5, 5.41) is 8.56. The molecule has 26 heavy (non-hydrogen) atoms. The number of hydrogen-bond acceptors (Lipinski definition) is 3. The van der Waals surface area contributed by atoms with Crippen LogP contribution in [-0.2, 0) is 16.4 Å². The Bertz CT molecular complexity index is 908. The third-order valence-electron chi connectivity index (χ3n) is 5.58. The maximum atomic E-state index is 13.6. The quantitative estimate of drug-likeness (QED) is 0.803. The minimum atomic E-state index is -3.67. The van der Waals surface area contributed by atoms with Gasteiger partial charge in [-0.15, -0.1) is 0 Å². The van der Waals surface area contributed by atoms with E-state index in [1.807, 2.05) is 18.2 Å². The van der Waals surface area contributed by atoms with Crippen LogP contribution < -0.4 is 10.5 Å². The lowest BCUT2D eigenvalue weighted by atomic mass is 10.0. The van der Waals surface area contributed by atoms with Crippen LogP contribution in [0.4, 0.5) is 10.1 Å². The summed E-state index contributed by atoms with van der Waals surface area (Å²) in [6.45, 7) is 7.19. The number of nitrogens with two attached hydrogens (primary N) is 1. The first-order chi connectivity index (χ1) is 12.1. The molecule has 140 valence electrons. The average molecular weight is 376 g/mol. The number of benzene rings is 2. The maximum Gasteiger partial charge on any atom is 0.238 e. The number of hydrogen-bond donors (Lipinski definition) is 2. The van der Waals surface area contributed by atoms with Crippen LogP contribution in [0.25, 0.3) is 0 Å². The molecule has 2 aromatic carbocycles. The highest BCUT2D eigenvalue weighted by atomic mass is 32.2. The van der Waals surface area contributed by atoms with E-state index in [2.05, 4.69) is 26.1 Å². The van der Waals surface area contributed by atoms with Crippen LogP contribution >= 0.6 is 0 Å². The molecule has 6 heteroatoms. The van der Waals surface area contributed by atoms with E-state index in [1.165, 1.54) is 6.07 Å². The van der Waals surface area contributed by atoms with Crippen LogP contribution in [0, 0.1) is 17.2 Å². The SMILES string of the molecule is CCc1ccc(F)cc1NC[C@H]1C(c2ccc(S(N)(=O)=O)cc2)C1(C)C. The molecule has 1 unspecified atom stereocenters. The molecule has 2 aromatic rings. The van der Waals surface area contributed by atoms with Gasteiger partial charge in [-0.25, -0.2) is 17.9 Å². The fourth-order valence-corrected chi connectivity index (χ4v) is 4.41. The van der Waals surface area contributed by atoms with Crippen molar-refractivity contribution in [3.63, 3.8) is 0 Å². The van der Waals surface area contributed by atoms with Crippen molar-refractivity contribution in [1.29, 1.82) is 0 Å². The first kappa shape index (κ1) is 18.9. The highest BCUT2D eigenvalue weighted by Gasteiger charge is 2.57. The molecule has 0 heterocycles. The van der Waals surface area contributed by atoms with Gasteiger partial charge >= 0.3 is 0 Å². The minimum absolute atomic E-state index is 0.0931. The van der Waals surface area contributed by atoms with E-state index in [0.29, 0.717) is 11.8 Å². The van der Waals surface area contributed by atoms with E-state index in [4.69, 9.17) is 5.14 Å². The van der Waals surface area contributed by atoms with Gasteiger partial charge in [-0.2, -0.15) is 0 Å². The Kier molecular flexibility index (Phi) is 4.84. The second-order valence-corrected chi connectivity index (χ2v) is 9.12. The zero-order chi connectivity index (χ0) is 19.1. The summed E-state index contributed by atoms with van der Waals surface area (Å²) in [5.41, 5.74) is 3.14. The van der Waals surface area contributed by atoms with Gasteiger partial charge in [0, 0.05) is 12.2 Å². The van der Waals surface area contributed by atoms with Crippen molar-refractivity contribution in [2.75, 3.05) is 11.9 Å². The molecule has 0 radical (unpaired) electrons. The van der Waals surface area contributed by atoms with Crippen LogP contribution in [0.1, 0.15) is 37.8 Å². The van der Waals surface area contributed by atoms with E-state index in [0.717, 1.165) is 29.8 Å². The Morgan fingerprint density at radius 1 is 1.15 bits per heavy atom. The normalized spacial score (nSPS) is 21.4. The van der Waals surface area contributed by atoms with E-state index in [9.17, 15) is 12.8 Å². The van der Waals surface area contributed by atoms with Crippen molar-refractivity contribution >= 4 is 15.7 Å². The second kappa shape index (κ2) is 6.67. The van der Waals surface area contributed by atoms with E-state index in [1.54, 1.807) is 18.2 Å². The number of primary sulfonamides is 1. The lowest BCUT2D eigenvalue weighted by Crippen LogP contribution is -2.12. The van der Waals surface area contributed by atoms with Gasteiger partial charge in [-0.05, 0) is 59.1 Å². The van der Waals surface area contributed by atoms with Gasteiger partial charge in [-0.1, -0.05) is 39.0 Å². The summed E-state index contributed by atoms with van der Waals surface area (Å²) in [5.74, 6) is 0.467. The fourth-order valence-electron chi connectivity index (χ4n) is 3.89. The van der Waals surface area contributed by atoms with Gasteiger partial charge in [0.05, 0.1) is 4.90 Å². The zero-order valence-electron chi connectivity index (χ0n) is 15.3. The number of rotatable bonds is 6. The number of sulfonamides is 1. The van der Waals surface area contributed by atoms with Gasteiger partial charge in [0.15, 0.2) is 0 Å². The number of halogens is 1. The van der Waals surface area contributed by atoms with E-state index < -0.39 is 10.0 Å². The van der Waals surface area contributed by atoms with Gasteiger partial charge in [0.1, 0.15) is 5.82 Å². The van der Waals surface area contributed by atoms with Crippen molar-refractivity contribution in [3.8, 4) is 0 Å². The Balaban J connectivity index is 1.73. The van der Waals surface area contributed by atoms with E-state index >= 15 is 0 Å². The summed E-state index contributed by atoms with van der Waals surface area (Å²) in [6.07, 6.45) is 0.842. The molecule has 0 saturated heterocycles. The molecule has 4 nitrogen and oxygen atoms in total. The molecule has 3 N–H and O–H groups in total. The second-order valence-electron chi connectivity index (χ2n) is 7.56. The standard InChI is InChI=1S/C20H25FN2O2S/c1-4-13-5-8-15(21)11-18(13)23-12-17-19(20(17,2)3)14-6-9-16(10-7-14)26(22,24)25/h5-11,17,19,23H,4,12H2,1-3H3,(H2,22,24,25)/t17-,19?/m0/s1. The Hall–Kier alpha value is -1.92. The lowest BCUT2D eigenvalue weighted by molar-refractivity contribution is 0.565. The highest BCUT2D eigenvalue weighted by molar-refractivity contribution is 7.89. The Labute approximate surface area is 154 Å². The topological polar surface area (TPSA) is 72.2 Å². The Morgan fingerprint density at radius 3 is 2.38 bits per heavy atom. The van der Waals surface area contributed by atoms with Gasteiger partial charge in [-0.3, -0.25) is 0 Å². The molecule has 3 rings (SSSR count). The molecular formula is C20H25FN2O2S. The molecule has 0 spiro atoms. The first-order valence-corrected chi connectivity index (χ1v) is 10.3. The van der Waals surface area contributed by atoms with Gasteiger partial charge < -0.3 is 5.32 Å². The van der Waals surface area contributed by atoms with Crippen molar-refractivity contribution in [2.45, 2.75) is 38.0 Å². The number of aryl methyl sites for hydroxylation is 1. The first-order valence-electron chi connectivity index (χ1n) is 8.79. The third-order valence-corrected chi connectivity index (χ3v) is 6.51. The third kappa shape index (κ3) is 3.62. The fraction of sp³-hybridized carbons (Fsp3) is 0.400. The minimum Gasteiger partial charge on any atom is -0.384 e. The van der Waals surface area contributed by atoms with E-state index in [-0.39, 0.29) is 16.1 Å². The van der Waals surface area contributed by atoms with Crippen LogP contribution in [0.15, 0.2) is 47.4 Å². The highest BCUT2D eigenvalue weighted by Crippen LogP contribution is 2.64. The monoisotopic (exact) mass is 376 g/mol. The molecule has 0 amide bonds. The van der Waals surface area contributed by atoms with Gasteiger partial charge in [0.2, 0.25) is 10.0 Å². The molecule has 0 bridgehead atoms. The molecular weight excluding hydrogens is 351 g/mol. The van der Waals surface area contributed by atoms with Crippen molar-refractivity contribution in [1.82, 2.24) is 0 Å². The summed E-state index contributed by atoms with van der Waals surface area (Å²) < 4.78 is 36.4.